The summed E-state index contributed by atoms with van der Waals surface area (Å²) in [6.07, 6.45) is 3.80. The van der Waals surface area contributed by atoms with Crippen LogP contribution >= 0.6 is 0 Å². The van der Waals surface area contributed by atoms with E-state index in [2.05, 4.69) is 17.2 Å². The third-order valence-corrected chi connectivity index (χ3v) is 3.75. The molecule has 2 aliphatic rings. The number of piperidine rings is 1. The summed E-state index contributed by atoms with van der Waals surface area (Å²) in [5.74, 6) is 7.73. The summed E-state index contributed by atoms with van der Waals surface area (Å²) in [5.41, 5.74) is 0. The lowest BCUT2D eigenvalue weighted by molar-refractivity contribution is 0.237. The van der Waals surface area contributed by atoms with E-state index in [1.165, 1.54) is 12.8 Å². The maximum atomic E-state index is 13.0. The minimum absolute atomic E-state index is 0.00275. The van der Waals surface area contributed by atoms with Crippen molar-refractivity contribution in [2.75, 3.05) is 13.1 Å². The van der Waals surface area contributed by atoms with Gasteiger partial charge in [-0.15, -0.1) is 0 Å². The van der Waals surface area contributed by atoms with Crippen molar-refractivity contribution in [1.82, 2.24) is 5.32 Å². The number of hydrogen-bond donors (Lipinski definition) is 1. The first-order valence-electron chi connectivity index (χ1n) is 6.13. The molecule has 84 valence electrons. The second-order valence-electron chi connectivity index (χ2n) is 4.84. The highest BCUT2D eigenvalue weighted by atomic mass is 19.1. The van der Waals surface area contributed by atoms with Crippen LogP contribution in [0.4, 0.5) is 4.39 Å². The van der Waals surface area contributed by atoms with Crippen LogP contribution in [0.3, 0.4) is 0 Å². The molecule has 1 aliphatic heterocycles. The normalized spacial score (nSPS) is 34.3. The third kappa shape index (κ3) is 2.72. The van der Waals surface area contributed by atoms with E-state index in [1.54, 1.807) is 6.92 Å². The van der Waals surface area contributed by atoms with Crippen molar-refractivity contribution in [3.63, 3.8) is 0 Å². The highest BCUT2D eigenvalue weighted by molar-refractivity contribution is 5.14. The lowest BCUT2D eigenvalue weighted by Gasteiger charge is -2.30. The van der Waals surface area contributed by atoms with Gasteiger partial charge in [-0.2, -0.15) is 0 Å². The second kappa shape index (κ2) is 4.99. The van der Waals surface area contributed by atoms with Crippen LogP contribution in [-0.4, -0.2) is 19.3 Å². The molecule has 3 atom stereocenters. The Balaban J connectivity index is 1.91. The maximum Gasteiger partial charge on any atom is 0.111 e. The largest absolute Gasteiger partial charge is 0.317 e. The van der Waals surface area contributed by atoms with Crippen molar-refractivity contribution in [2.45, 2.75) is 38.8 Å². The fraction of sp³-hybridized carbons (Fsp3) is 0.846. The van der Waals surface area contributed by atoms with Gasteiger partial charge >= 0.3 is 0 Å². The van der Waals surface area contributed by atoms with Gasteiger partial charge in [0.05, 0.1) is 5.92 Å². The lowest BCUT2D eigenvalue weighted by atomic mass is 9.78. The highest BCUT2D eigenvalue weighted by Crippen LogP contribution is 2.30. The average Bonchev–Trinajstić information content (AvgIpc) is 2.30. The minimum atomic E-state index is -0.758. The van der Waals surface area contributed by atoms with Gasteiger partial charge in [-0.1, -0.05) is 11.8 Å². The van der Waals surface area contributed by atoms with Crippen LogP contribution in [0.15, 0.2) is 0 Å². The predicted octanol–water partition coefficient (Wildman–Crippen LogP) is 2.37. The zero-order valence-electron chi connectivity index (χ0n) is 9.43. The predicted molar refractivity (Wildman–Crippen MR) is 60.2 cm³/mol. The highest BCUT2D eigenvalue weighted by Gasteiger charge is 2.26. The van der Waals surface area contributed by atoms with E-state index in [-0.39, 0.29) is 5.92 Å². The van der Waals surface area contributed by atoms with Gasteiger partial charge in [-0.25, -0.2) is 4.39 Å². The van der Waals surface area contributed by atoms with Crippen LogP contribution in [-0.2, 0) is 0 Å². The molecule has 1 N–H and O–H groups in total. The number of hydrogen-bond acceptors (Lipinski definition) is 1. The SMILES string of the molecule is CC(F)C1C#CC(C2CCNCC2)CC1. The van der Waals surface area contributed by atoms with Gasteiger partial charge in [-0.3, -0.25) is 0 Å². The summed E-state index contributed by atoms with van der Waals surface area (Å²) in [4.78, 5) is 0. The molecule has 1 aliphatic carbocycles. The summed E-state index contributed by atoms with van der Waals surface area (Å²) in [5, 5.41) is 3.37. The van der Waals surface area contributed by atoms with E-state index in [1.807, 2.05) is 0 Å². The molecule has 0 saturated carbocycles. The van der Waals surface area contributed by atoms with Crippen molar-refractivity contribution in [1.29, 1.82) is 0 Å². The van der Waals surface area contributed by atoms with Gasteiger partial charge in [0, 0.05) is 5.92 Å². The number of alkyl halides is 1. The topological polar surface area (TPSA) is 12.0 Å². The number of nitrogens with one attached hydrogen (secondary N) is 1. The number of rotatable bonds is 2. The molecular formula is C13H20FN. The Kier molecular flexibility index (Phi) is 3.64. The molecule has 1 saturated heterocycles. The Morgan fingerprint density at radius 1 is 1.13 bits per heavy atom. The Morgan fingerprint density at radius 2 is 1.87 bits per heavy atom. The Hall–Kier alpha value is -0.550. The molecule has 3 unspecified atom stereocenters. The first kappa shape index (κ1) is 11.0. The summed E-state index contributed by atoms with van der Waals surface area (Å²) in [6, 6.07) is 0. The molecule has 2 heteroatoms. The van der Waals surface area contributed by atoms with Crippen LogP contribution in [0.1, 0.15) is 32.6 Å². The molecule has 0 aromatic carbocycles. The molecule has 15 heavy (non-hydrogen) atoms. The van der Waals surface area contributed by atoms with Gasteiger partial charge in [0.1, 0.15) is 6.17 Å². The summed E-state index contributed by atoms with van der Waals surface area (Å²) in [7, 11) is 0. The van der Waals surface area contributed by atoms with E-state index < -0.39 is 6.17 Å². The van der Waals surface area contributed by atoms with Gasteiger partial charge < -0.3 is 5.32 Å². The Bertz CT molecular complexity index is 257. The van der Waals surface area contributed by atoms with Crippen molar-refractivity contribution >= 4 is 0 Å². The molecule has 0 aromatic heterocycles. The van der Waals surface area contributed by atoms with Crippen molar-refractivity contribution in [3.8, 4) is 11.8 Å². The van der Waals surface area contributed by atoms with Crippen LogP contribution in [0.5, 0.6) is 0 Å². The standard InChI is InChI=1S/C13H20FN/c1-10(14)11-2-4-12(5-3-11)13-6-8-15-9-7-13/h10-13,15H,2,4,6-9H2,1H3. The van der Waals surface area contributed by atoms with E-state index in [9.17, 15) is 4.39 Å². The molecule has 0 radical (unpaired) electrons. The summed E-state index contributed by atoms with van der Waals surface area (Å²) >= 11 is 0. The molecule has 1 heterocycles. The minimum Gasteiger partial charge on any atom is -0.317 e. The van der Waals surface area contributed by atoms with Crippen molar-refractivity contribution in [2.24, 2.45) is 17.8 Å². The van der Waals surface area contributed by atoms with Crippen LogP contribution in [0.2, 0.25) is 0 Å². The summed E-state index contributed by atoms with van der Waals surface area (Å²) in [6.45, 7) is 3.89. The van der Waals surface area contributed by atoms with Crippen LogP contribution < -0.4 is 5.32 Å². The molecular weight excluding hydrogens is 189 g/mol. The van der Waals surface area contributed by atoms with E-state index in [0.717, 1.165) is 31.8 Å². The first-order chi connectivity index (χ1) is 7.27. The smallest absolute Gasteiger partial charge is 0.111 e. The van der Waals surface area contributed by atoms with Crippen LogP contribution in [0, 0.1) is 29.6 Å². The molecule has 1 nitrogen and oxygen atoms in total. The summed E-state index contributed by atoms with van der Waals surface area (Å²) < 4.78 is 13.0. The second-order valence-corrected chi connectivity index (χ2v) is 4.84. The molecule has 1 fully saturated rings. The lowest BCUT2D eigenvalue weighted by Crippen LogP contribution is -2.32. The quantitative estimate of drug-likeness (QED) is 0.688. The number of halogens is 1. The van der Waals surface area contributed by atoms with Gasteiger partial charge in [0.2, 0.25) is 0 Å². The maximum absolute atomic E-state index is 13.0. The van der Waals surface area contributed by atoms with Crippen molar-refractivity contribution in [3.05, 3.63) is 0 Å². The van der Waals surface area contributed by atoms with E-state index in [0.29, 0.717) is 5.92 Å². The van der Waals surface area contributed by atoms with Crippen molar-refractivity contribution < 1.29 is 4.39 Å². The van der Waals surface area contributed by atoms with Gasteiger partial charge in [0.15, 0.2) is 0 Å². The zero-order chi connectivity index (χ0) is 10.7. The fourth-order valence-electron chi connectivity index (χ4n) is 2.66. The zero-order valence-corrected chi connectivity index (χ0v) is 9.43. The average molecular weight is 209 g/mol. The fourth-order valence-corrected chi connectivity index (χ4v) is 2.66. The monoisotopic (exact) mass is 209 g/mol. The van der Waals surface area contributed by atoms with Gasteiger partial charge in [-0.05, 0) is 51.6 Å². The van der Waals surface area contributed by atoms with E-state index >= 15 is 0 Å². The van der Waals surface area contributed by atoms with Crippen LogP contribution in [0.25, 0.3) is 0 Å². The molecule has 0 bridgehead atoms. The molecule has 0 spiro atoms. The Labute approximate surface area is 91.8 Å². The third-order valence-electron chi connectivity index (χ3n) is 3.75. The molecule has 2 rings (SSSR count). The molecule has 0 aromatic rings. The first-order valence-corrected chi connectivity index (χ1v) is 6.13. The molecule has 0 amide bonds. The Morgan fingerprint density at radius 3 is 2.40 bits per heavy atom. The van der Waals surface area contributed by atoms with E-state index in [4.69, 9.17) is 0 Å². The van der Waals surface area contributed by atoms with Gasteiger partial charge in [0.25, 0.3) is 0 Å².